The molecule has 1 N–H and O–H groups in total. The van der Waals surface area contributed by atoms with Gasteiger partial charge in [0.05, 0.1) is 22.5 Å². The van der Waals surface area contributed by atoms with Crippen molar-refractivity contribution >= 4 is 22.8 Å². The molecule has 0 atom stereocenters. The van der Waals surface area contributed by atoms with E-state index in [9.17, 15) is 9.59 Å². The number of aromatic amines is 1. The standard InChI is InChI=1S/C28H31N5O3/c1-19-25-24(34)18-23(29-26(25)33(30-19)22-8-6-5-7-9-22)20-10-12-21(13-11-20)31-14-16-32(17-15-31)27(35)36-28(2,3)4/h5-13,18H,14-17H2,1-4H3,(H,29,34). The highest BCUT2D eigenvalue weighted by Crippen LogP contribution is 2.25. The summed E-state index contributed by atoms with van der Waals surface area (Å²) < 4.78 is 7.28. The number of carbonyl (C=O) groups is 1. The Morgan fingerprint density at radius 3 is 2.25 bits per heavy atom. The fourth-order valence-electron chi connectivity index (χ4n) is 4.54. The number of nitrogens with one attached hydrogen (secondary N) is 1. The molecule has 0 aliphatic carbocycles. The first kappa shape index (κ1) is 23.7. The summed E-state index contributed by atoms with van der Waals surface area (Å²) in [5, 5.41) is 5.21. The lowest BCUT2D eigenvalue weighted by Crippen LogP contribution is -2.50. The number of aryl methyl sites for hydroxylation is 1. The summed E-state index contributed by atoms with van der Waals surface area (Å²) in [7, 11) is 0. The number of piperazine rings is 1. The second-order valence-corrected chi connectivity index (χ2v) is 10.1. The summed E-state index contributed by atoms with van der Waals surface area (Å²) in [6, 6.07) is 19.6. The van der Waals surface area contributed by atoms with Crippen LogP contribution in [-0.2, 0) is 4.74 Å². The van der Waals surface area contributed by atoms with Crippen molar-refractivity contribution in [3.8, 4) is 16.9 Å². The SMILES string of the molecule is Cc1nn(-c2ccccc2)c2[nH]c(-c3ccc(N4CCN(C(=O)OC(C)(C)C)CC4)cc3)cc(=O)c12. The van der Waals surface area contributed by atoms with Crippen LogP contribution in [0.2, 0.25) is 0 Å². The number of anilines is 1. The average Bonchev–Trinajstić information content (AvgIpc) is 3.20. The Balaban J connectivity index is 1.36. The number of aromatic nitrogens is 3. The molecule has 3 heterocycles. The van der Waals surface area contributed by atoms with E-state index < -0.39 is 5.60 Å². The van der Waals surface area contributed by atoms with Crippen molar-refractivity contribution in [1.82, 2.24) is 19.7 Å². The number of pyridine rings is 1. The van der Waals surface area contributed by atoms with Gasteiger partial charge in [-0.15, -0.1) is 0 Å². The third kappa shape index (κ3) is 4.71. The number of ether oxygens (including phenoxy) is 1. The Morgan fingerprint density at radius 2 is 1.61 bits per heavy atom. The molecule has 8 nitrogen and oxygen atoms in total. The molecule has 2 aromatic carbocycles. The molecule has 1 aliphatic rings. The monoisotopic (exact) mass is 485 g/mol. The largest absolute Gasteiger partial charge is 0.444 e. The number of fused-ring (bicyclic) bond motifs is 1. The minimum atomic E-state index is -0.495. The number of rotatable bonds is 3. The summed E-state index contributed by atoms with van der Waals surface area (Å²) in [4.78, 5) is 32.8. The molecular weight excluding hydrogens is 454 g/mol. The maximum Gasteiger partial charge on any atom is 0.410 e. The minimum absolute atomic E-state index is 0.0548. The second-order valence-electron chi connectivity index (χ2n) is 10.1. The van der Waals surface area contributed by atoms with Crippen LogP contribution in [0.1, 0.15) is 26.5 Å². The molecule has 5 rings (SSSR count). The lowest BCUT2D eigenvalue weighted by atomic mass is 10.1. The van der Waals surface area contributed by atoms with E-state index in [4.69, 9.17) is 4.74 Å². The highest BCUT2D eigenvalue weighted by molar-refractivity contribution is 5.82. The number of nitrogens with zero attached hydrogens (tertiary/aromatic N) is 4. The molecule has 0 radical (unpaired) electrons. The lowest BCUT2D eigenvalue weighted by Gasteiger charge is -2.36. The summed E-state index contributed by atoms with van der Waals surface area (Å²) in [6.45, 7) is 10.2. The molecule has 0 spiro atoms. The molecule has 2 aromatic heterocycles. The first-order valence-electron chi connectivity index (χ1n) is 12.2. The molecule has 186 valence electrons. The minimum Gasteiger partial charge on any atom is -0.444 e. The summed E-state index contributed by atoms with van der Waals surface area (Å²) in [6.07, 6.45) is -0.262. The third-order valence-corrected chi connectivity index (χ3v) is 6.31. The smallest absolute Gasteiger partial charge is 0.410 e. The van der Waals surface area contributed by atoms with Gasteiger partial charge < -0.3 is 19.5 Å². The van der Waals surface area contributed by atoms with Crippen LogP contribution in [0, 0.1) is 6.92 Å². The first-order chi connectivity index (χ1) is 17.2. The summed E-state index contributed by atoms with van der Waals surface area (Å²) >= 11 is 0. The van der Waals surface area contributed by atoms with Crippen LogP contribution in [-0.4, -0.2) is 57.5 Å². The number of hydrogen-bond donors (Lipinski definition) is 1. The van der Waals surface area contributed by atoms with Crippen molar-refractivity contribution in [2.45, 2.75) is 33.3 Å². The van der Waals surface area contributed by atoms with Crippen LogP contribution in [0.4, 0.5) is 10.5 Å². The lowest BCUT2D eigenvalue weighted by molar-refractivity contribution is 0.0240. The van der Waals surface area contributed by atoms with Crippen molar-refractivity contribution in [2.24, 2.45) is 0 Å². The van der Waals surface area contributed by atoms with Gasteiger partial charge in [-0.1, -0.05) is 30.3 Å². The molecule has 4 aromatic rings. The Bertz CT molecular complexity index is 1440. The van der Waals surface area contributed by atoms with Gasteiger partial charge >= 0.3 is 6.09 Å². The molecule has 0 saturated carbocycles. The number of benzene rings is 2. The Kier molecular flexibility index (Phi) is 6.04. The maximum atomic E-state index is 13.0. The van der Waals surface area contributed by atoms with Gasteiger partial charge in [-0.25, -0.2) is 9.48 Å². The zero-order valence-corrected chi connectivity index (χ0v) is 21.1. The molecule has 1 aliphatic heterocycles. The van der Waals surface area contributed by atoms with Crippen LogP contribution in [0.3, 0.4) is 0 Å². The van der Waals surface area contributed by atoms with E-state index in [0.717, 1.165) is 35.7 Å². The topological polar surface area (TPSA) is 83.5 Å². The van der Waals surface area contributed by atoms with E-state index >= 15 is 0 Å². The molecule has 1 fully saturated rings. The van der Waals surface area contributed by atoms with Crippen molar-refractivity contribution < 1.29 is 9.53 Å². The molecule has 8 heteroatoms. The number of para-hydroxylation sites is 1. The van der Waals surface area contributed by atoms with E-state index in [1.54, 1.807) is 15.6 Å². The van der Waals surface area contributed by atoms with Crippen LogP contribution in [0.5, 0.6) is 0 Å². The normalized spacial score (nSPS) is 14.3. The van der Waals surface area contributed by atoms with Gasteiger partial charge in [0.1, 0.15) is 11.2 Å². The van der Waals surface area contributed by atoms with E-state index in [2.05, 4.69) is 27.1 Å². The van der Waals surface area contributed by atoms with E-state index in [1.807, 2.05) is 70.2 Å². The summed E-state index contributed by atoms with van der Waals surface area (Å²) in [5.41, 5.74) is 4.47. The second kappa shape index (κ2) is 9.18. The highest BCUT2D eigenvalue weighted by atomic mass is 16.6. The number of H-pyrrole nitrogens is 1. The van der Waals surface area contributed by atoms with Gasteiger partial charge in [0.25, 0.3) is 0 Å². The van der Waals surface area contributed by atoms with Crippen LogP contribution < -0.4 is 10.3 Å². The van der Waals surface area contributed by atoms with Crippen molar-refractivity contribution in [2.75, 3.05) is 31.1 Å². The first-order valence-corrected chi connectivity index (χ1v) is 12.2. The zero-order chi connectivity index (χ0) is 25.4. The van der Waals surface area contributed by atoms with Crippen LogP contribution in [0.15, 0.2) is 65.5 Å². The predicted molar refractivity (Wildman–Crippen MR) is 142 cm³/mol. The number of hydrogen-bond acceptors (Lipinski definition) is 5. The molecular formula is C28H31N5O3. The molecule has 1 saturated heterocycles. The number of amides is 1. The molecule has 0 unspecified atom stereocenters. The van der Waals surface area contributed by atoms with Crippen LogP contribution in [0.25, 0.3) is 28.0 Å². The fourth-order valence-corrected chi connectivity index (χ4v) is 4.54. The van der Waals surface area contributed by atoms with Gasteiger partial charge in [0.2, 0.25) is 0 Å². The van der Waals surface area contributed by atoms with Gasteiger partial charge in [-0.3, -0.25) is 4.79 Å². The quantitative estimate of drug-likeness (QED) is 0.453. The van der Waals surface area contributed by atoms with E-state index in [0.29, 0.717) is 29.8 Å². The Labute approximate surface area is 210 Å². The van der Waals surface area contributed by atoms with E-state index in [1.165, 1.54) is 0 Å². The summed E-state index contributed by atoms with van der Waals surface area (Å²) in [5.74, 6) is 0. The van der Waals surface area contributed by atoms with Gasteiger partial charge in [-0.05, 0) is 57.5 Å². The van der Waals surface area contributed by atoms with Crippen LogP contribution >= 0.6 is 0 Å². The van der Waals surface area contributed by atoms with Gasteiger partial charge in [-0.2, -0.15) is 5.10 Å². The third-order valence-electron chi connectivity index (χ3n) is 6.31. The average molecular weight is 486 g/mol. The Morgan fingerprint density at radius 1 is 0.944 bits per heavy atom. The molecule has 0 bridgehead atoms. The van der Waals surface area contributed by atoms with Gasteiger partial charge in [0.15, 0.2) is 5.43 Å². The maximum absolute atomic E-state index is 13.0. The molecule has 1 amide bonds. The van der Waals surface area contributed by atoms with Crippen molar-refractivity contribution in [3.63, 3.8) is 0 Å². The van der Waals surface area contributed by atoms with Crippen molar-refractivity contribution in [1.29, 1.82) is 0 Å². The highest BCUT2D eigenvalue weighted by Gasteiger charge is 2.26. The molecule has 36 heavy (non-hydrogen) atoms. The fraction of sp³-hybridized carbons (Fsp3) is 0.321. The Hall–Kier alpha value is -4.07. The predicted octanol–water partition coefficient (Wildman–Crippen LogP) is 4.75. The van der Waals surface area contributed by atoms with Crippen molar-refractivity contribution in [3.05, 3.63) is 76.6 Å². The zero-order valence-electron chi connectivity index (χ0n) is 21.1. The van der Waals surface area contributed by atoms with E-state index in [-0.39, 0.29) is 11.5 Å². The van der Waals surface area contributed by atoms with Gasteiger partial charge in [0, 0.05) is 37.9 Å². The number of carbonyl (C=O) groups excluding carboxylic acids is 1.